The summed E-state index contributed by atoms with van der Waals surface area (Å²) < 4.78 is 10.8. The fraction of sp³-hybridized carbons (Fsp3) is 0.226. The highest BCUT2D eigenvalue weighted by Crippen LogP contribution is 2.38. The Morgan fingerprint density at radius 2 is 1.43 bits per heavy atom. The van der Waals surface area contributed by atoms with Crippen molar-refractivity contribution in [1.29, 1.82) is 0 Å². The standard InChI is InChI=1S/C31H31NO2.ClH/c1-33-27-16-15-25(30(22-27)34-2)10-7-19-32-20-17-26(18-21-32)31-28-11-5-3-8-23(28)13-14-24-9-4-6-12-29(24)31;/h3-16,22H,17-21H2,1-2H3;1H/b10-7+;. The van der Waals surface area contributed by atoms with Gasteiger partial charge in [0.05, 0.1) is 14.2 Å². The lowest BCUT2D eigenvalue weighted by molar-refractivity contribution is 0.284. The van der Waals surface area contributed by atoms with E-state index in [0.29, 0.717) is 0 Å². The minimum Gasteiger partial charge on any atom is -0.497 e. The number of ether oxygens (including phenoxy) is 2. The summed E-state index contributed by atoms with van der Waals surface area (Å²) in [7, 11) is 3.37. The highest BCUT2D eigenvalue weighted by molar-refractivity contribution is 5.94. The van der Waals surface area contributed by atoms with Crippen LogP contribution >= 0.6 is 12.4 Å². The molecule has 3 aromatic rings. The Morgan fingerprint density at radius 1 is 0.800 bits per heavy atom. The summed E-state index contributed by atoms with van der Waals surface area (Å²) in [6, 6.07) is 23.5. The van der Waals surface area contributed by atoms with E-state index >= 15 is 0 Å². The first-order valence-electron chi connectivity index (χ1n) is 12.0. The summed E-state index contributed by atoms with van der Waals surface area (Å²) in [6.07, 6.45) is 11.1. The van der Waals surface area contributed by atoms with Gasteiger partial charge in [-0.2, -0.15) is 0 Å². The van der Waals surface area contributed by atoms with Crippen LogP contribution in [0.1, 0.15) is 40.7 Å². The van der Waals surface area contributed by atoms with Crippen molar-refractivity contribution in [3.63, 3.8) is 0 Å². The van der Waals surface area contributed by atoms with E-state index < -0.39 is 0 Å². The molecule has 0 saturated carbocycles. The van der Waals surface area contributed by atoms with Crippen molar-refractivity contribution < 1.29 is 9.47 Å². The average molecular weight is 486 g/mol. The third-order valence-corrected chi connectivity index (χ3v) is 6.82. The molecule has 1 aliphatic carbocycles. The van der Waals surface area contributed by atoms with Crippen LogP contribution in [0.3, 0.4) is 0 Å². The molecule has 2 aliphatic rings. The zero-order valence-corrected chi connectivity index (χ0v) is 21.2. The SMILES string of the molecule is COc1ccc(/C=C/CN2CCC(=C3c4ccccc4C=Cc4ccccc43)CC2)c(OC)c1.Cl. The lowest BCUT2D eigenvalue weighted by Gasteiger charge is -2.29. The molecule has 1 fully saturated rings. The number of likely N-dealkylation sites (tertiary alicyclic amines) is 1. The molecule has 3 nitrogen and oxygen atoms in total. The van der Waals surface area contributed by atoms with Crippen LogP contribution in [0, 0.1) is 0 Å². The second-order valence-electron chi connectivity index (χ2n) is 8.80. The van der Waals surface area contributed by atoms with Gasteiger partial charge >= 0.3 is 0 Å². The number of piperidine rings is 1. The quantitative estimate of drug-likeness (QED) is 0.298. The minimum absolute atomic E-state index is 0. The molecule has 0 aromatic heterocycles. The number of hydrogen-bond donors (Lipinski definition) is 0. The van der Waals surface area contributed by atoms with Crippen molar-refractivity contribution in [2.45, 2.75) is 12.8 Å². The first-order valence-corrected chi connectivity index (χ1v) is 12.0. The maximum Gasteiger partial charge on any atom is 0.129 e. The predicted molar refractivity (Wildman–Crippen MR) is 149 cm³/mol. The Balaban J connectivity index is 0.00000289. The largest absolute Gasteiger partial charge is 0.497 e. The Labute approximate surface area is 214 Å². The van der Waals surface area contributed by atoms with Gasteiger partial charge < -0.3 is 9.47 Å². The first-order chi connectivity index (χ1) is 16.8. The zero-order valence-electron chi connectivity index (χ0n) is 20.4. The normalized spacial score (nSPS) is 15.3. The van der Waals surface area contributed by atoms with Gasteiger partial charge in [0, 0.05) is 31.3 Å². The molecule has 0 radical (unpaired) electrons. The summed E-state index contributed by atoms with van der Waals surface area (Å²) in [5.41, 5.74) is 9.41. The molecule has 0 unspecified atom stereocenters. The second kappa shape index (κ2) is 11.4. The maximum atomic E-state index is 5.52. The molecule has 0 N–H and O–H groups in total. The third kappa shape index (κ3) is 5.37. The van der Waals surface area contributed by atoms with Crippen LogP contribution in [0.25, 0.3) is 23.8 Å². The number of rotatable bonds is 5. The summed E-state index contributed by atoms with van der Waals surface area (Å²) in [6.45, 7) is 3.08. The van der Waals surface area contributed by atoms with E-state index in [4.69, 9.17) is 9.47 Å². The molecule has 5 rings (SSSR count). The zero-order chi connectivity index (χ0) is 23.3. The van der Waals surface area contributed by atoms with E-state index in [2.05, 4.69) is 77.7 Å². The molecule has 1 aliphatic heterocycles. The molecule has 3 aromatic carbocycles. The Hall–Kier alpha value is -3.27. The van der Waals surface area contributed by atoms with Gasteiger partial charge in [-0.3, -0.25) is 4.90 Å². The van der Waals surface area contributed by atoms with Crippen molar-refractivity contribution in [3.05, 3.63) is 106 Å². The molecule has 0 spiro atoms. The van der Waals surface area contributed by atoms with Gasteiger partial charge in [0.15, 0.2) is 0 Å². The number of fused-ring (bicyclic) bond motifs is 2. The number of methoxy groups -OCH3 is 2. The molecule has 1 saturated heterocycles. The fourth-order valence-electron chi connectivity index (χ4n) is 4.99. The highest BCUT2D eigenvalue weighted by Gasteiger charge is 2.22. The van der Waals surface area contributed by atoms with Gasteiger partial charge in [0.2, 0.25) is 0 Å². The third-order valence-electron chi connectivity index (χ3n) is 6.82. The minimum atomic E-state index is 0. The van der Waals surface area contributed by atoms with Crippen LogP contribution in [0.5, 0.6) is 11.5 Å². The lowest BCUT2D eigenvalue weighted by Crippen LogP contribution is -2.31. The van der Waals surface area contributed by atoms with Crippen molar-refractivity contribution in [3.8, 4) is 11.5 Å². The highest BCUT2D eigenvalue weighted by atomic mass is 35.5. The summed E-state index contributed by atoms with van der Waals surface area (Å²) in [4.78, 5) is 2.53. The molecule has 0 atom stereocenters. The van der Waals surface area contributed by atoms with E-state index in [9.17, 15) is 0 Å². The molecule has 4 heteroatoms. The molecule has 0 bridgehead atoms. The van der Waals surface area contributed by atoms with Crippen LogP contribution < -0.4 is 9.47 Å². The number of hydrogen-bond acceptors (Lipinski definition) is 3. The summed E-state index contributed by atoms with van der Waals surface area (Å²) in [5.74, 6) is 1.64. The van der Waals surface area contributed by atoms with Crippen LogP contribution in [-0.4, -0.2) is 38.8 Å². The van der Waals surface area contributed by atoms with E-state index in [-0.39, 0.29) is 12.4 Å². The second-order valence-corrected chi connectivity index (χ2v) is 8.80. The molecular formula is C31H32ClNO2. The Morgan fingerprint density at radius 3 is 2.03 bits per heavy atom. The molecule has 35 heavy (non-hydrogen) atoms. The smallest absolute Gasteiger partial charge is 0.129 e. The van der Waals surface area contributed by atoms with Crippen LogP contribution in [0.4, 0.5) is 0 Å². The Bertz CT molecular complexity index is 1210. The number of nitrogens with zero attached hydrogens (tertiary/aromatic N) is 1. The van der Waals surface area contributed by atoms with Crippen molar-refractivity contribution in [1.82, 2.24) is 4.90 Å². The molecular weight excluding hydrogens is 454 g/mol. The molecule has 0 amide bonds. The lowest BCUT2D eigenvalue weighted by atomic mass is 9.86. The van der Waals surface area contributed by atoms with E-state index in [1.54, 1.807) is 19.8 Å². The number of benzene rings is 3. The monoisotopic (exact) mass is 485 g/mol. The summed E-state index contributed by atoms with van der Waals surface area (Å²) in [5, 5.41) is 0. The van der Waals surface area contributed by atoms with Gasteiger partial charge in [-0.05, 0) is 52.8 Å². The Kier molecular flexibility index (Phi) is 8.12. The van der Waals surface area contributed by atoms with Gasteiger partial charge in [-0.1, -0.05) is 78.4 Å². The summed E-state index contributed by atoms with van der Waals surface area (Å²) >= 11 is 0. The van der Waals surface area contributed by atoms with Crippen LogP contribution in [-0.2, 0) is 0 Å². The molecule has 1 heterocycles. The van der Waals surface area contributed by atoms with Crippen LogP contribution in [0.15, 0.2) is 78.4 Å². The van der Waals surface area contributed by atoms with E-state index in [0.717, 1.165) is 49.5 Å². The van der Waals surface area contributed by atoms with Gasteiger partial charge in [0.25, 0.3) is 0 Å². The fourth-order valence-corrected chi connectivity index (χ4v) is 4.99. The van der Waals surface area contributed by atoms with Crippen molar-refractivity contribution in [2.24, 2.45) is 0 Å². The first kappa shape index (κ1) is 24.8. The van der Waals surface area contributed by atoms with Crippen molar-refractivity contribution in [2.75, 3.05) is 33.9 Å². The van der Waals surface area contributed by atoms with Crippen molar-refractivity contribution >= 4 is 36.2 Å². The van der Waals surface area contributed by atoms with Crippen LogP contribution in [0.2, 0.25) is 0 Å². The van der Waals surface area contributed by atoms with E-state index in [1.165, 1.54) is 27.8 Å². The average Bonchev–Trinajstić information content (AvgIpc) is 3.06. The van der Waals surface area contributed by atoms with Gasteiger partial charge in [-0.15, -0.1) is 12.4 Å². The predicted octanol–water partition coefficient (Wildman–Crippen LogP) is 7.22. The topological polar surface area (TPSA) is 21.7 Å². The maximum absolute atomic E-state index is 5.52. The van der Waals surface area contributed by atoms with Gasteiger partial charge in [0.1, 0.15) is 11.5 Å². The van der Waals surface area contributed by atoms with Gasteiger partial charge in [-0.25, -0.2) is 0 Å². The molecule has 180 valence electrons. The van der Waals surface area contributed by atoms with E-state index in [1.807, 2.05) is 18.2 Å². The number of halogens is 1.